The van der Waals surface area contributed by atoms with Crippen molar-refractivity contribution in [1.29, 1.82) is 0 Å². The third kappa shape index (κ3) is 4.16. The average Bonchev–Trinajstić information content (AvgIpc) is 3.41. The fourth-order valence-corrected chi connectivity index (χ4v) is 4.44. The van der Waals surface area contributed by atoms with E-state index in [1.807, 2.05) is 4.90 Å². The molecule has 1 atom stereocenters. The zero-order valence-electron chi connectivity index (χ0n) is 18.7. The van der Waals surface area contributed by atoms with Crippen molar-refractivity contribution < 1.29 is 23.8 Å². The van der Waals surface area contributed by atoms with Crippen LogP contribution >= 0.6 is 0 Å². The number of carboxylic acid groups (broad SMARTS) is 1. The molecule has 0 radical (unpaired) electrons. The van der Waals surface area contributed by atoms with Crippen LogP contribution in [-0.4, -0.2) is 46.3 Å². The number of nitrogens with zero attached hydrogens (tertiary/aromatic N) is 2. The molecule has 1 aliphatic carbocycles. The van der Waals surface area contributed by atoms with Crippen LogP contribution in [-0.2, 0) is 4.74 Å². The molecule has 32 heavy (non-hydrogen) atoms. The molecule has 3 heterocycles. The van der Waals surface area contributed by atoms with Crippen LogP contribution in [0.3, 0.4) is 0 Å². The lowest BCUT2D eigenvalue weighted by Crippen LogP contribution is -2.40. The van der Waals surface area contributed by atoms with E-state index in [0.29, 0.717) is 36.3 Å². The Morgan fingerprint density at radius 2 is 1.94 bits per heavy atom. The fraction of sp³-hybridized carbons (Fsp3) is 0.522. The summed E-state index contributed by atoms with van der Waals surface area (Å²) in [4.78, 5) is 38.3. The smallest absolute Gasteiger partial charge is 0.407 e. The Balaban J connectivity index is 1.69. The number of carboxylic acids is 1. The zero-order valence-corrected chi connectivity index (χ0v) is 18.7. The molecule has 2 fully saturated rings. The van der Waals surface area contributed by atoms with E-state index in [1.165, 1.54) is 6.07 Å². The molecular formula is C23H28FN3O5. The molecule has 2 aromatic rings. The lowest BCUT2D eigenvalue weighted by Gasteiger charge is -2.25. The zero-order chi connectivity index (χ0) is 23.4. The third-order valence-electron chi connectivity index (χ3n) is 5.92. The largest absolute Gasteiger partial charge is 0.477 e. The number of amides is 1. The van der Waals surface area contributed by atoms with Gasteiger partial charge >= 0.3 is 12.1 Å². The minimum absolute atomic E-state index is 0.167. The summed E-state index contributed by atoms with van der Waals surface area (Å²) in [6.07, 6.45) is 3.02. The van der Waals surface area contributed by atoms with Crippen LogP contribution in [0.2, 0.25) is 0 Å². The first-order valence-corrected chi connectivity index (χ1v) is 10.8. The molecule has 0 bridgehead atoms. The molecule has 2 aliphatic rings. The molecule has 8 nitrogen and oxygen atoms in total. The molecular weight excluding hydrogens is 417 g/mol. The van der Waals surface area contributed by atoms with Crippen molar-refractivity contribution in [3.63, 3.8) is 0 Å². The summed E-state index contributed by atoms with van der Waals surface area (Å²) in [5.74, 6) is -1.75. The van der Waals surface area contributed by atoms with E-state index in [0.717, 1.165) is 29.0 Å². The number of rotatable bonds is 4. The van der Waals surface area contributed by atoms with Gasteiger partial charge in [0, 0.05) is 13.1 Å². The molecule has 0 spiro atoms. The molecule has 0 aromatic carbocycles. The van der Waals surface area contributed by atoms with Gasteiger partial charge in [-0.1, -0.05) is 0 Å². The number of fused-ring (bicyclic) bond motifs is 1. The van der Waals surface area contributed by atoms with Crippen LogP contribution in [0, 0.1) is 12.7 Å². The topological polar surface area (TPSA) is 100 Å². The van der Waals surface area contributed by atoms with Gasteiger partial charge in [-0.3, -0.25) is 9.20 Å². The van der Waals surface area contributed by atoms with Gasteiger partial charge in [0.25, 0.3) is 5.56 Å². The van der Waals surface area contributed by atoms with Crippen molar-refractivity contribution >= 4 is 23.3 Å². The third-order valence-corrected chi connectivity index (χ3v) is 5.92. The van der Waals surface area contributed by atoms with Gasteiger partial charge in [0.1, 0.15) is 11.2 Å². The number of hydrogen-bond acceptors (Lipinski definition) is 5. The molecule has 0 unspecified atom stereocenters. The maximum absolute atomic E-state index is 15.2. The number of alkyl carbamates (subject to hydrolysis) is 1. The molecule has 172 valence electrons. The number of anilines is 1. The minimum Gasteiger partial charge on any atom is -0.477 e. The fourth-order valence-electron chi connectivity index (χ4n) is 4.44. The van der Waals surface area contributed by atoms with E-state index in [4.69, 9.17) is 4.74 Å². The summed E-state index contributed by atoms with van der Waals surface area (Å²) in [5, 5.41) is 12.3. The van der Waals surface area contributed by atoms with Crippen molar-refractivity contribution in [2.75, 3.05) is 18.0 Å². The molecule has 9 heteroatoms. The average molecular weight is 445 g/mol. The molecule has 1 saturated heterocycles. The standard InChI is InChI=1S/C23H28FN3O5/c1-12-18-15(13-5-6-13)9-16(21(29)30)20(28)27(18)11-17(24)19(12)26-8-7-14(10-26)25-22(31)32-23(2,3)4/h9,11,13-14H,5-8,10H2,1-4H3,(H,25,31)(H,29,30)/t14-/m0/s1. The number of nitrogens with one attached hydrogen (secondary N) is 1. The summed E-state index contributed by atoms with van der Waals surface area (Å²) >= 11 is 0. The summed E-state index contributed by atoms with van der Waals surface area (Å²) in [6, 6.07) is 1.25. The Morgan fingerprint density at radius 3 is 2.53 bits per heavy atom. The normalized spacial score (nSPS) is 18.8. The van der Waals surface area contributed by atoms with Crippen molar-refractivity contribution in [2.24, 2.45) is 0 Å². The Bertz CT molecular complexity index is 1160. The minimum atomic E-state index is -1.32. The van der Waals surface area contributed by atoms with Gasteiger partial charge in [-0.15, -0.1) is 0 Å². The second kappa shape index (κ2) is 7.79. The van der Waals surface area contributed by atoms with E-state index < -0.39 is 29.0 Å². The highest BCUT2D eigenvalue weighted by molar-refractivity contribution is 5.89. The molecule has 2 aromatic heterocycles. The van der Waals surface area contributed by atoms with Gasteiger partial charge in [-0.25, -0.2) is 14.0 Å². The second-order valence-electron chi connectivity index (χ2n) is 9.65. The molecule has 1 saturated carbocycles. The van der Waals surface area contributed by atoms with Crippen molar-refractivity contribution in [3.05, 3.63) is 45.1 Å². The highest BCUT2D eigenvalue weighted by atomic mass is 19.1. The Kier molecular flexibility index (Phi) is 5.38. The first kappa shape index (κ1) is 22.1. The first-order chi connectivity index (χ1) is 15.0. The number of hydrogen-bond donors (Lipinski definition) is 2. The van der Waals surface area contributed by atoms with Gasteiger partial charge in [-0.2, -0.15) is 0 Å². The van der Waals surface area contributed by atoms with Crippen molar-refractivity contribution in [2.45, 2.75) is 64.5 Å². The Labute approximate surface area is 185 Å². The number of carbonyl (C=O) groups is 2. The monoisotopic (exact) mass is 445 g/mol. The number of pyridine rings is 2. The molecule has 4 rings (SSSR count). The van der Waals surface area contributed by atoms with Gasteiger partial charge in [0.15, 0.2) is 5.82 Å². The first-order valence-electron chi connectivity index (χ1n) is 10.8. The second-order valence-corrected chi connectivity index (χ2v) is 9.65. The summed E-state index contributed by atoms with van der Waals surface area (Å²) in [5.41, 5.74) is 0.618. The van der Waals surface area contributed by atoms with Crippen molar-refractivity contribution in [3.8, 4) is 0 Å². The van der Waals surface area contributed by atoms with Gasteiger partial charge in [0.2, 0.25) is 0 Å². The Morgan fingerprint density at radius 1 is 1.25 bits per heavy atom. The van der Waals surface area contributed by atoms with E-state index in [-0.39, 0.29) is 17.5 Å². The van der Waals surface area contributed by atoms with Gasteiger partial charge < -0.3 is 20.1 Å². The predicted octanol–water partition coefficient (Wildman–Crippen LogP) is 3.43. The van der Waals surface area contributed by atoms with E-state index >= 15 is 4.39 Å². The maximum Gasteiger partial charge on any atom is 0.407 e. The van der Waals surface area contributed by atoms with E-state index in [2.05, 4.69) is 5.32 Å². The van der Waals surface area contributed by atoms with Crippen LogP contribution < -0.4 is 15.8 Å². The van der Waals surface area contributed by atoms with E-state index in [9.17, 15) is 19.5 Å². The summed E-state index contributed by atoms with van der Waals surface area (Å²) < 4.78 is 21.7. The summed E-state index contributed by atoms with van der Waals surface area (Å²) in [7, 11) is 0. The lowest BCUT2D eigenvalue weighted by atomic mass is 10.0. The number of aromatic carboxylic acids is 1. The maximum atomic E-state index is 15.2. The molecule has 1 amide bonds. The van der Waals surface area contributed by atoms with Crippen LogP contribution in [0.15, 0.2) is 17.1 Å². The highest BCUT2D eigenvalue weighted by Crippen LogP contribution is 2.44. The molecule has 2 N–H and O–H groups in total. The Hall–Kier alpha value is -3.10. The van der Waals surface area contributed by atoms with Gasteiger partial charge in [-0.05, 0) is 70.1 Å². The van der Waals surface area contributed by atoms with Crippen LogP contribution in [0.5, 0.6) is 0 Å². The SMILES string of the molecule is Cc1c(N2CC[C@H](NC(=O)OC(C)(C)C)C2)c(F)cn2c(=O)c(C(=O)O)cc(C3CC3)c12. The number of ether oxygens (including phenoxy) is 1. The number of halogens is 1. The van der Waals surface area contributed by atoms with Gasteiger partial charge in [0.05, 0.1) is 23.4 Å². The number of aromatic nitrogens is 1. The predicted molar refractivity (Wildman–Crippen MR) is 117 cm³/mol. The van der Waals surface area contributed by atoms with Crippen molar-refractivity contribution in [1.82, 2.24) is 9.72 Å². The number of aryl methyl sites for hydroxylation is 1. The van der Waals surface area contributed by atoms with Crippen LogP contribution in [0.4, 0.5) is 14.9 Å². The summed E-state index contributed by atoms with van der Waals surface area (Å²) in [6.45, 7) is 8.06. The molecule has 1 aliphatic heterocycles. The van der Waals surface area contributed by atoms with E-state index in [1.54, 1.807) is 27.7 Å². The van der Waals surface area contributed by atoms with Crippen LogP contribution in [0.1, 0.15) is 67.4 Å². The lowest BCUT2D eigenvalue weighted by molar-refractivity contribution is 0.0508. The highest BCUT2D eigenvalue weighted by Gasteiger charge is 2.33. The van der Waals surface area contributed by atoms with Crippen LogP contribution in [0.25, 0.3) is 5.52 Å². The quantitative estimate of drug-likeness (QED) is 0.748. The number of carbonyl (C=O) groups excluding carboxylic acids is 1.